The number of fused-ring (bicyclic) bond motifs is 1. The Morgan fingerprint density at radius 1 is 0.886 bits per heavy atom. The van der Waals surface area contributed by atoms with Gasteiger partial charge in [-0.05, 0) is 47.4 Å². The molecule has 3 N–H and O–H groups in total. The molecule has 0 spiro atoms. The zero-order chi connectivity index (χ0) is 24.8. The van der Waals surface area contributed by atoms with Crippen molar-refractivity contribution in [3.05, 3.63) is 83.4 Å². The quantitative estimate of drug-likeness (QED) is 0.452. The Morgan fingerprint density at radius 2 is 1.60 bits per heavy atom. The zero-order valence-electron chi connectivity index (χ0n) is 19.2. The van der Waals surface area contributed by atoms with Gasteiger partial charge >= 0.3 is 6.18 Å². The van der Waals surface area contributed by atoms with Gasteiger partial charge in [-0.2, -0.15) is 13.2 Å². The molecule has 5 nitrogen and oxygen atoms in total. The highest BCUT2D eigenvalue weighted by molar-refractivity contribution is 5.96. The molecule has 0 bridgehead atoms. The Hall–Kier alpha value is -3.39. The molecular weight excluding hydrogens is 455 g/mol. The summed E-state index contributed by atoms with van der Waals surface area (Å²) < 4.78 is 38.7. The number of halogens is 3. The number of alkyl halides is 3. The zero-order valence-corrected chi connectivity index (χ0v) is 19.2. The lowest BCUT2D eigenvalue weighted by atomic mass is 9.90. The second kappa shape index (κ2) is 10.9. The summed E-state index contributed by atoms with van der Waals surface area (Å²) in [6, 6.07) is 18.6. The molecule has 0 aromatic heterocycles. The molecule has 0 aliphatic heterocycles. The Labute approximate surface area is 202 Å². The molecule has 0 heterocycles. The number of nitrogens with one attached hydrogen (secondary N) is 3. The number of carbonyl (C=O) groups is 2. The van der Waals surface area contributed by atoms with Gasteiger partial charge in [0.1, 0.15) is 0 Å². The van der Waals surface area contributed by atoms with Crippen LogP contribution in [0.2, 0.25) is 0 Å². The van der Waals surface area contributed by atoms with Crippen molar-refractivity contribution in [1.29, 1.82) is 0 Å². The molecular formula is C27H28F3N3O2. The fourth-order valence-corrected chi connectivity index (χ4v) is 4.59. The Balaban J connectivity index is 1.32. The Bertz CT molecular complexity index is 1190. The maximum absolute atomic E-state index is 12.9. The summed E-state index contributed by atoms with van der Waals surface area (Å²) in [6.07, 6.45) is -0.741. The van der Waals surface area contributed by atoms with Crippen molar-refractivity contribution >= 4 is 22.6 Å². The lowest BCUT2D eigenvalue weighted by Gasteiger charge is -2.33. The van der Waals surface area contributed by atoms with E-state index < -0.39 is 17.6 Å². The monoisotopic (exact) mass is 483 g/mol. The van der Waals surface area contributed by atoms with Crippen LogP contribution in [0.1, 0.15) is 47.2 Å². The third-order valence-corrected chi connectivity index (χ3v) is 6.41. The van der Waals surface area contributed by atoms with Crippen molar-refractivity contribution in [2.45, 2.75) is 50.5 Å². The van der Waals surface area contributed by atoms with Gasteiger partial charge in [0, 0.05) is 24.2 Å². The first-order valence-electron chi connectivity index (χ1n) is 11.8. The Kier molecular flexibility index (Phi) is 7.70. The van der Waals surface area contributed by atoms with Crippen molar-refractivity contribution in [1.82, 2.24) is 16.0 Å². The number of hydrogen-bond acceptors (Lipinski definition) is 3. The van der Waals surface area contributed by atoms with E-state index in [1.54, 1.807) is 0 Å². The number of rotatable bonds is 7. The molecule has 0 saturated heterocycles. The summed E-state index contributed by atoms with van der Waals surface area (Å²) in [6.45, 7) is 0.367. The molecule has 35 heavy (non-hydrogen) atoms. The van der Waals surface area contributed by atoms with Gasteiger partial charge in [-0.15, -0.1) is 0 Å². The average molecular weight is 484 g/mol. The number of benzene rings is 3. The van der Waals surface area contributed by atoms with Crippen LogP contribution in [-0.4, -0.2) is 30.4 Å². The fraction of sp³-hybridized carbons (Fsp3) is 0.333. The highest BCUT2D eigenvalue weighted by atomic mass is 19.4. The van der Waals surface area contributed by atoms with Gasteiger partial charge in [-0.25, -0.2) is 0 Å². The van der Waals surface area contributed by atoms with Gasteiger partial charge in [0.05, 0.1) is 12.1 Å². The molecule has 0 unspecified atom stereocenters. The third-order valence-electron chi connectivity index (χ3n) is 6.41. The normalized spacial score (nSPS) is 18.3. The van der Waals surface area contributed by atoms with Crippen molar-refractivity contribution in [2.75, 3.05) is 6.54 Å². The summed E-state index contributed by atoms with van der Waals surface area (Å²) in [5.74, 6) is -1.09. The minimum Gasteiger partial charge on any atom is -0.350 e. The summed E-state index contributed by atoms with van der Waals surface area (Å²) in [5.41, 5.74) is 0.143. The summed E-state index contributed by atoms with van der Waals surface area (Å²) >= 11 is 0. The van der Waals surface area contributed by atoms with E-state index in [4.69, 9.17) is 0 Å². The van der Waals surface area contributed by atoms with Crippen LogP contribution in [0.15, 0.2) is 66.7 Å². The van der Waals surface area contributed by atoms with Gasteiger partial charge in [0.25, 0.3) is 5.91 Å². The molecule has 1 fully saturated rings. The van der Waals surface area contributed by atoms with E-state index in [1.165, 1.54) is 28.5 Å². The highest BCUT2D eigenvalue weighted by Gasteiger charge is 2.31. The smallest absolute Gasteiger partial charge is 0.350 e. The largest absolute Gasteiger partial charge is 0.416 e. The van der Waals surface area contributed by atoms with E-state index in [1.807, 2.05) is 18.2 Å². The second-order valence-electron chi connectivity index (χ2n) is 8.85. The van der Waals surface area contributed by atoms with Gasteiger partial charge < -0.3 is 16.0 Å². The van der Waals surface area contributed by atoms with E-state index in [-0.39, 0.29) is 30.1 Å². The van der Waals surface area contributed by atoms with Crippen LogP contribution in [-0.2, 0) is 17.5 Å². The predicted molar refractivity (Wildman–Crippen MR) is 129 cm³/mol. The third kappa shape index (κ3) is 6.39. The van der Waals surface area contributed by atoms with Crippen LogP contribution in [0.5, 0.6) is 0 Å². The van der Waals surface area contributed by atoms with E-state index >= 15 is 0 Å². The van der Waals surface area contributed by atoms with Crippen molar-refractivity contribution < 1.29 is 22.8 Å². The number of amides is 2. The fourth-order valence-electron chi connectivity index (χ4n) is 4.59. The molecule has 2 atom stereocenters. The van der Waals surface area contributed by atoms with Crippen LogP contribution in [0.3, 0.4) is 0 Å². The van der Waals surface area contributed by atoms with Crippen LogP contribution < -0.4 is 16.0 Å². The summed E-state index contributed by atoms with van der Waals surface area (Å²) in [5, 5.41) is 11.4. The lowest BCUT2D eigenvalue weighted by molar-refractivity contribution is -0.137. The molecule has 3 aromatic carbocycles. The maximum Gasteiger partial charge on any atom is 0.416 e. The lowest BCUT2D eigenvalue weighted by Crippen LogP contribution is -2.53. The first kappa shape index (κ1) is 24.7. The molecule has 184 valence electrons. The molecule has 2 amide bonds. The molecule has 8 heteroatoms. The van der Waals surface area contributed by atoms with Crippen molar-refractivity contribution in [3.8, 4) is 0 Å². The van der Waals surface area contributed by atoms with Crippen molar-refractivity contribution in [3.63, 3.8) is 0 Å². The van der Waals surface area contributed by atoms with Gasteiger partial charge in [-0.3, -0.25) is 9.59 Å². The van der Waals surface area contributed by atoms with E-state index in [0.717, 1.165) is 37.8 Å². The highest BCUT2D eigenvalue weighted by Crippen LogP contribution is 2.29. The molecule has 4 rings (SSSR count). The molecule has 3 aromatic rings. The van der Waals surface area contributed by atoms with Crippen LogP contribution in [0.4, 0.5) is 13.2 Å². The predicted octanol–water partition coefficient (Wildman–Crippen LogP) is 4.81. The minimum absolute atomic E-state index is 0.0864. The van der Waals surface area contributed by atoms with Crippen molar-refractivity contribution in [2.24, 2.45) is 0 Å². The number of carbonyl (C=O) groups excluding carboxylic acids is 2. The van der Waals surface area contributed by atoms with Gasteiger partial charge in [0.2, 0.25) is 5.91 Å². The molecule has 1 aliphatic rings. The summed E-state index contributed by atoms with van der Waals surface area (Å²) in [7, 11) is 0. The minimum atomic E-state index is -4.54. The maximum atomic E-state index is 12.9. The molecule has 0 radical (unpaired) electrons. The molecule has 1 saturated carbocycles. The molecule has 1 aliphatic carbocycles. The van der Waals surface area contributed by atoms with E-state index in [0.29, 0.717) is 6.54 Å². The van der Waals surface area contributed by atoms with E-state index in [9.17, 15) is 22.8 Å². The van der Waals surface area contributed by atoms with Crippen LogP contribution in [0, 0.1) is 0 Å². The topological polar surface area (TPSA) is 70.2 Å². The standard InChI is InChI=1S/C27H28F3N3O2/c28-27(29,30)21-11-6-9-19(15-21)26(35)32-17-25(34)33-24-14-4-3-13-23(24)31-16-20-10-5-8-18-7-1-2-12-22(18)20/h1-2,5-12,15,23-24,31H,3-4,13-14,16-17H2,(H,32,35)(H,33,34)/t23-,24+/m1/s1. The van der Waals surface area contributed by atoms with Crippen LogP contribution >= 0.6 is 0 Å². The van der Waals surface area contributed by atoms with E-state index in [2.05, 4.69) is 40.2 Å². The second-order valence-corrected chi connectivity index (χ2v) is 8.85. The SMILES string of the molecule is O=C(CNC(=O)c1cccc(C(F)(F)F)c1)N[C@H]1CCCC[C@H]1NCc1cccc2ccccc12. The van der Waals surface area contributed by atoms with Crippen LogP contribution in [0.25, 0.3) is 10.8 Å². The summed E-state index contributed by atoms with van der Waals surface area (Å²) in [4.78, 5) is 24.8. The first-order valence-corrected chi connectivity index (χ1v) is 11.8. The average Bonchev–Trinajstić information content (AvgIpc) is 2.86. The Morgan fingerprint density at radius 3 is 2.40 bits per heavy atom. The van der Waals surface area contributed by atoms with Gasteiger partial charge in [0.15, 0.2) is 0 Å². The number of hydrogen-bond donors (Lipinski definition) is 3. The van der Waals surface area contributed by atoms with Gasteiger partial charge in [-0.1, -0.05) is 61.4 Å². The first-order chi connectivity index (χ1) is 16.8.